The molecule has 5 heteroatoms. The van der Waals surface area contributed by atoms with E-state index in [2.05, 4.69) is 41.8 Å². The summed E-state index contributed by atoms with van der Waals surface area (Å²) in [6.45, 7) is 3.96. The lowest BCUT2D eigenvalue weighted by molar-refractivity contribution is -0.123. The largest absolute Gasteiger partial charge is 0.353 e. The average Bonchev–Trinajstić information content (AvgIpc) is 3.19. The summed E-state index contributed by atoms with van der Waals surface area (Å²) in [7, 11) is 0. The zero-order valence-corrected chi connectivity index (χ0v) is 15.4. The fraction of sp³-hybridized carbons (Fsp3) is 0.611. The van der Waals surface area contributed by atoms with Crippen LogP contribution in [0, 0.1) is 6.92 Å². The Morgan fingerprint density at radius 2 is 1.96 bits per heavy atom. The average molecular weight is 355 g/mol. The quantitative estimate of drug-likeness (QED) is 0.847. The Balaban J connectivity index is 0.00000192. The van der Waals surface area contributed by atoms with Crippen molar-refractivity contribution in [1.29, 1.82) is 0 Å². The molecule has 23 heavy (non-hydrogen) atoms. The summed E-state index contributed by atoms with van der Waals surface area (Å²) in [6.07, 6.45) is 6.72. The molecule has 1 heterocycles. The van der Waals surface area contributed by atoms with Crippen LogP contribution in [0.3, 0.4) is 0 Å². The predicted octanol–water partition coefficient (Wildman–Crippen LogP) is 3.69. The van der Waals surface area contributed by atoms with Crippen LogP contribution in [0.5, 0.6) is 0 Å². The zero-order valence-electron chi connectivity index (χ0n) is 13.8. The van der Waals surface area contributed by atoms with Crippen molar-refractivity contribution in [3.05, 3.63) is 29.8 Å². The number of nitrogens with one attached hydrogen (secondary N) is 2. The van der Waals surface area contributed by atoms with E-state index >= 15 is 0 Å². The third-order valence-electron chi connectivity index (χ3n) is 4.83. The van der Waals surface area contributed by atoms with E-state index in [0.717, 1.165) is 38.8 Å². The van der Waals surface area contributed by atoms with Crippen molar-refractivity contribution in [2.24, 2.45) is 0 Å². The first-order valence-electron chi connectivity index (χ1n) is 8.45. The smallest absolute Gasteiger partial charge is 0.236 e. The number of benzene rings is 1. The van der Waals surface area contributed by atoms with Crippen molar-refractivity contribution < 1.29 is 4.79 Å². The van der Waals surface area contributed by atoms with Gasteiger partial charge in [0.2, 0.25) is 5.91 Å². The van der Waals surface area contributed by atoms with E-state index in [1.54, 1.807) is 11.8 Å². The van der Waals surface area contributed by atoms with Crippen LogP contribution in [0.1, 0.15) is 44.1 Å². The molecule has 1 aliphatic carbocycles. The molecular formula is C18H27ClN2OS. The highest BCUT2D eigenvalue weighted by atomic mass is 35.5. The lowest BCUT2D eigenvalue weighted by Gasteiger charge is -2.28. The van der Waals surface area contributed by atoms with E-state index < -0.39 is 0 Å². The standard InChI is InChI=1S/C18H26N2OS.ClH/c1-14-6-8-16(9-7-14)22-18(10-2-3-11-18)17(21)20-13-15-5-4-12-19-15;/h6-9,15,19H,2-5,10-13H2,1H3,(H,20,21);1H. The third kappa shape index (κ3) is 4.65. The second-order valence-electron chi connectivity index (χ2n) is 6.62. The van der Waals surface area contributed by atoms with E-state index in [-0.39, 0.29) is 23.1 Å². The Bertz CT molecular complexity index is 508. The van der Waals surface area contributed by atoms with Gasteiger partial charge in [0, 0.05) is 17.5 Å². The maximum Gasteiger partial charge on any atom is 0.236 e. The van der Waals surface area contributed by atoms with Crippen molar-refractivity contribution >= 4 is 30.1 Å². The Morgan fingerprint density at radius 1 is 1.26 bits per heavy atom. The highest BCUT2D eigenvalue weighted by Crippen LogP contribution is 2.45. The van der Waals surface area contributed by atoms with Gasteiger partial charge in [-0.3, -0.25) is 4.79 Å². The Hall–Kier alpha value is -0.710. The summed E-state index contributed by atoms with van der Waals surface area (Å²) in [4.78, 5) is 14.0. The van der Waals surface area contributed by atoms with E-state index in [1.807, 2.05) is 0 Å². The lowest BCUT2D eigenvalue weighted by atomic mass is 10.1. The summed E-state index contributed by atoms with van der Waals surface area (Å²) < 4.78 is -0.256. The number of aryl methyl sites for hydroxylation is 1. The molecule has 3 rings (SSSR count). The maximum atomic E-state index is 12.8. The minimum atomic E-state index is -0.256. The summed E-state index contributed by atoms with van der Waals surface area (Å²) in [6, 6.07) is 9.01. The van der Waals surface area contributed by atoms with Crippen LogP contribution in [-0.2, 0) is 4.79 Å². The first-order chi connectivity index (χ1) is 10.7. The molecule has 1 aromatic carbocycles. The van der Waals surface area contributed by atoms with Crippen molar-refractivity contribution in [1.82, 2.24) is 10.6 Å². The summed E-state index contributed by atoms with van der Waals surface area (Å²) in [5.41, 5.74) is 1.27. The molecule has 1 atom stereocenters. The highest BCUT2D eigenvalue weighted by Gasteiger charge is 2.42. The van der Waals surface area contributed by atoms with Gasteiger partial charge >= 0.3 is 0 Å². The normalized spacial score (nSPS) is 22.6. The first kappa shape index (κ1) is 18.6. The molecular weight excluding hydrogens is 328 g/mol. The first-order valence-corrected chi connectivity index (χ1v) is 9.27. The summed E-state index contributed by atoms with van der Waals surface area (Å²) in [5.74, 6) is 0.240. The fourth-order valence-corrected chi connectivity index (χ4v) is 4.84. The minimum absolute atomic E-state index is 0. The molecule has 2 aliphatic rings. The highest BCUT2D eigenvalue weighted by molar-refractivity contribution is 8.01. The van der Waals surface area contributed by atoms with E-state index in [9.17, 15) is 4.79 Å². The molecule has 1 aromatic rings. The van der Waals surface area contributed by atoms with Crippen molar-refractivity contribution in [3.63, 3.8) is 0 Å². The molecule has 1 amide bonds. The molecule has 0 radical (unpaired) electrons. The molecule has 2 fully saturated rings. The number of carbonyl (C=O) groups is 1. The number of halogens is 1. The fourth-order valence-electron chi connectivity index (χ4n) is 3.46. The number of thioether (sulfide) groups is 1. The molecule has 0 bridgehead atoms. The molecule has 0 spiro atoms. The van der Waals surface area contributed by atoms with Gasteiger partial charge in [0.05, 0.1) is 4.75 Å². The van der Waals surface area contributed by atoms with E-state index in [1.165, 1.54) is 23.3 Å². The van der Waals surface area contributed by atoms with Gasteiger partial charge in [-0.15, -0.1) is 24.2 Å². The van der Waals surface area contributed by atoms with Gasteiger partial charge in [-0.05, 0) is 51.3 Å². The van der Waals surface area contributed by atoms with Crippen molar-refractivity contribution in [2.45, 2.75) is 61.1 Å². The van der Waals surface area contributed by atoms with Gasteiger partial charge in [0.1, 0.15) is 0 Å². The van der Waals surface area contributed by atoms with Gasteiger partial charge < -0.3 is 10.6 Å². The van der Waals surface area contributed by atoms with Gasteiger partial charge in [0.25, 0.3) is 0 Å². The van der Waals surface area contributed by atoms with E-state index in [4.69, 9.17) is 0 Å². The Kier molecular flexibility index (Phi) is 6.81. The van der Waals surface area contributed by atoms with Crippen molar-refractivity contribution in [2.75, 3.05) is 13.1 Å². The second kappa shape index (κ2) is 8.41. The molecule has 2 N–H and O–H groups in total. The third-order valence-corrected chi connectivity index (χ3v) is 6.32. The zero-order chi connectivity index (χ0) is 15.4. The number of rotatable bonds is 5. The lowest BCUT2D eigenvalue weighted by Crippen LogP contribution is -2.46. The van der Waals surface area contributed by atoms with Gasteiger partial charge in [-0.2, -0.15) is 0 Å². The van der Waals surface area contributed by atoms with Crippen LogP contribution < -0.4 is 10.6 Å². The molecule has 1 saturated carbocycles. The van der Waals surface area contributed by atoms with Crippen molar-refractivity contribution in [3.8, 4) is 0 Å². The topological polar surface area (TPSA) is 41.1 Å². The predicted molar refractivity (Wildman–Crippen MR) is 99.5 cm³/mol. The Morgan fingerprint density at radius 3 is 2.57 bits per heavy atom. The monoisotopic (exact) mass is 354 g/mol. The summed E-state index contributed by atoms with van der Waals surface area (Å²) >= 11 is 1.77. The SMILES string of the molecule is Cc1ccc(SC2(C(=O)NCC3CCCN3)CCCC2)cc1.Cl. The molecule has 0 aromatic heterocycles. The molecule has 3 nitrogen and oxygen atoms in total. The van der Waals surface area contributed by atoms with Crippen LogP contribution in [-0.4, -0.2) is 29.8 Å². The van der Waals surface area contributed by atoms with Crippen LogP contribution in [0.15, 0.2) is 29.2 Å². The minimum Gasteiger partial charge on any atom is -0.353 e. The van der Waals surface area contributed by atoms with Crippen LogP contribution in [0.25, 0.3) is 0 Å². The number of hydrogen-bond donors (Lipinski definition) is 2. The second-order valence-corrected chi connectivity index (χ2v) is 8.08. The summed E-state index contributed by atoms with van der Waals surface area (Å²) in [5, 5.41) is 6.67. The van der Waals surface area contributed by atoms with Gasteiger partial charge in [0.15, 0.2) is 0 Å². The van der Waals surface area contributed by atoms with E-state index in [0.29, 0.717) is 6.04 Å². The van der Waals surface area contributed by atoms with Crippen LogP contribution in [0.2, 0.25) is 0 Å². The molecule has 1 unspecified atom stereocenters. The van der Waals surface area contributed by atoms with Gasteiger partial charge in [-0.25, -0.2) is 0 Å². The number of amides is 1. The number of hydrogen-bond acceptors (Lipinski definition) is 3. The van der Waals surface area contributed by atoms with Crippen LogP contribution >= 0.6 is 24.2 Å². The maximum absolute atomic E-state index is 12.8. The molecule has 1 aliphatic heterocycles. The Labute approximate surface area is 149 Å². The van der Waals surface area contributed by atoms with Crippen LogP contribution in [0.4, 0.5) is 0 Å². The molecule has 128 valence electrons. The number of carbonyl (C=O) groups excluding carboxylic acids is 1. The molecule has 1 saturated heterocycles. The van der Waals surface area contributed by atoms with Gasteiger partial charge in [-0.1, -0.05) is 30.5 Å².